The molecule has 152 valence electrons. The van der Waals surface area contributed by atoms with Gasteiger partial charge in [0, 0.05) is 43.7 Å². The molecular formula is C20H22N4O4S. The van der Waals surface area contributed by atoms with Crippen LogP contribution in [0.4, 0.5) is 21.9 Å². The van der Waals surface area contributed by atoms with Gasteiger partial charge in [-0.25, -0.2) is 0 Å². The molecule has 3 rings (SSSR count). The van der Waals surface area contributed by atoms with E-state index >= 15 is 0 Å². The minimum absolute atomic E-state index is 0.0787. The van der Waals surface area contributed by atoms with Crippen LogP contribution in [0.15, 0.2) is 47.4 Å². The van der Waals surface area contributed by atoms with Crippen molar-refractivity contribution in [3.8, 4) is 0 Å². The molecule has 1 aliphatic rings. The van der Waals surface area contributed by atoms with Crippen molar-refractivity contribution in [3.05, 3.63) is 58.1 Å². The number of carbonyl (C=O) groups is 2. The fourth-order valence-electron chi connectivity index (χ4n) is 3.08. The Labute approximate surface area is 173 Å². The second-order valence-electron chi connectivity index (χ2n) is 6.87. The van der Waals surface area contributed by atoms with Crippen LogP contribution in [0.25, 0.3) is 0 Å². The number of hydrogen-bond donors (Lipinski definition) is 1. The van der Waals surface area contributed by atoms with Crippen LogP contribution in [0.1, 0.15) is 23.2 Å². The van der Waals surface area contributed by atoms with Gasteiger partial charge in [0.2, 0.25) is 0 Å². The summed E-state index contributed by atoms with van der Waals surface area (Å²) in [5, 5.41) is 14.1. The maximum absolute atomic E-state index is 12.7. The molecule has 0 bridgehead atoms. The van der Waals surface area contributed by atoms with Crippen molar-refractivity contribution in [1.29, 1.82) is 0 Å². The summed E-state index contributed by atoms with van der Waals surface area (Å²) in [4.78, 5) is 39.9. The molecule has 2 amide bonds. The quantitative estimate of drug-likeness (QED) is 0.447. The third-order valence-electron chi connectivity index (χ3n) is 4.58. The molecule has 1 saturated heterocycles. The molecule has 0 aromatic heterocycles. The normalized spacial score (nSPS) is 13.2. The maximum atomic E-state index is 12.7. The summed E-state index contributed by atoms with van der Waals surface area (Å²) in [5.74, 6) is -0.466. The van der Waals surface area contributed by atoms with Crippen LogP contribution >= 0.6 is 11.8 Å². The Bertz CT molecular complexity index is 942. The molecule has 2 aromatic rings. The number of thioether (sulfide) groups is 1. The summed E-state index contributed by atoms with van der Waals surface area (Å²) in [6.07, 6.45) is 2.00. The van der Waals surface area contributed by atoms with E-state index in [4.69, 9.17) is 0 Å². The molecule has 1 N–H and O–H groups in total. The van der Waals surface area contributed by atoms with Crippen LogP contribution in [-0.2, 0) is 0 Å². The first-order valence-electron chi connectivity index (χ1n) is 9.19. The molecule has 8 nitrogen and oxygen atoms in total. The molecule has 0 atom stereocenters. The SMILES string of the molecule is CN(C)C(=O)Sc1ccccc1NC(=O)c1ccc(N2CCCC2)c([N+](=O)[O-])c1. The van der Waals surface area contributed by atoms with E-state index in [0.717, 1.165) is 37.7 Å². The van der Waals surface area contributed by atoms with E-state index in [-0.39, 0.29) is 16.5 Å². The molecule has 9 heteroatoms. The molecule has 0 aliphatic carbocycles. The molecule has 0 unspecified atom stereocenters. The highest BCUT2D eigenvalue weighted by atomic mass is 32.2. The summed E-state index contributed by atoms with van der Waals surface area (Å²) < 4.78 is 0. The van der Waals surface area contributed by atoms with E-state index in [1.807, 2.05) is 4.90 Å². The van der Waals surface area contributed by atoms with Crippen LogP contribution < -0.4 is 10.2 Å². The van der Waals surface area contributed by atoms with E-state index in [2.05, 4.69) is 5.32 Å². The van der Waals surface area contributed by atoms with E-state index in [1.165, 1.54) is 11.0 Å². The molecule has 0 spiro atoms. The van der Waals surface area contributed by atoms with Gasteiger partial charge < -0.3 is 15.1 Å². The van der Waals surface area contributed by atoms with Gasteiger partial charge in [-0.1, -0.05) is 12.1 Å². The molecule has 1 aliphatic heterocycles. The number of benzene rings is 2. The Balaban J connectivity index is 1.84. The van der Waals surface area contributed by atoms with Gasteiger partial charge in [0.05, 0.1) is 10.6 Å². The van der Waals surface area contributed by atoms with Crippen molar-refractivity contribution in [2.75, 3.05) is 37.4 Å². The van der Waals surface area contributed by atoms with Crippen molar-refractivity contribution in [3.63, 3.8) is 0 Å². The largest absolute Gasteiger partial charge is 0.366 e. The van der Waals surface area contributed by atoms with Crippen LogP contribution in [0.5, 0.6) is 0 Å². The fraction of sp³-hybridized carbons (Fsp3) is 0.300. The Morgan fingerprint density at radius 2 is 1.83 bits per heavy atom. The Morgan fingerprint density at radius 1 is 1.14 bits per heavy atom. The average molecular weight is 414 g/mol. The minimum Gasteiger partial charge on any atom is -0.366 e. The third kappa shape index (κ3) is 4.86. The van der Waals surface area contributed by atoms with Crippen LogP contribution in [0, 0.1) is 10.1 Å². The number of nitro benzene ring substituents is 1. The molecule has 0 radical (unpaired) electrons. The van der Waals surface area contributed by atoms with E-state index < -0.39 is 10.8 Å². The average Bonchev–Trinajstić information content (AvgIpc) is 3.23. The van der Waals surface area contributed by atoms with E-state index in [9.17, 15) is 19.7 Å². The maximum Gasteiger partial charge on any atom is 0.293 e. The zero-order chi connectivity index (χ0) is 21.0. The highest BCUT2D eigenvalue weighted by Gasteiger charge is 2.24. The number of rotatable bonds is 5. The van der Waals surface area contributed by atoms with Gasteiger partial charge in [0.1, 0.15) is 5.69 Å². The molecule has 2 aromatic carbocycles. The molecule has 1 fully saturated rings. The van der Waals surface area contributed by atoms with Crippen molar-refractivity contribution in [2.45, 2.75) is 17.7 Å². The third-order valence-corrected chi connectivity index (χ3v) is 5.69. The van der Waals surface area contributed by atoms with Gasteiger partial charge >= 0.3 is 0 Å². The number of nitrogens with one attached hydrogen (secondary N) is 1. The lowest BCUT2D eigenvalue weighted by atomic mass is 10.1. The molecule has 0 saturated carbocycles. The number of para-hydroxylation sites is 1. The number of nitrogens with zero attached hydrogens (tertiary/aromatic N) is 3. The molecular weight excluding hydrogens is 392 g/mol. The monoisotopic (exact) mass is 414 g/mol. The highest BCUT2D eigenvalue weighted by molar-refractivity contribution is 8.13. The lowest BCUT2D eigenvalue weighted by molar-refractivity contribution is -0.384. The van der Waals surface area contributed by atoms with Crippen molar-refractivity contribution >= 4 is 40.0 Å². The van der Waals surface area contributed by atoms with Gasteiger partial charge in [-0.3, -0.25) is 19.7 Å². The van der Waals surface area contributed by atoms with Crippen LogP contribution in [0.2, 0.25) is 0 Å². The van der Waals surface area contributed by atoms with Gasteiger partial charge in [-0.2, -0.15) is 0 Å². The van der Waals surface area contributed by atoms with Crippen molar-refractivity contribution in [2.24, 2.45) is 0 Å². The predicted molar refractivity (Wildman–Crippen MR) is 114 cm³/mol. The number of amides is 2. The standard InChI is InChI=1S/C20H22N4O4S/c1-22(2)20(26)29-18-8-4-3-7-15(18)21-19(25)14-9-10-16(17(13-14)24(27)28)23-11-5-6-12-23/h3-4,7-10,13H,5-6,11-12H2,1-2H3,(H,21,25). The molecule has 1 heterocycles. The zero-order valence-corrected chi connectivity index (χ0v) is 17.1. The van der Waals surface area contributed by atoms with Crippen molar-refractivity contribution in [1.82, 2.24) is 4.90 Å². The topological polar surface area (TPSA) is 95.8 Å². The van der Waals surface area contributed by atoms with E-state index in [0.29, 0.717) is 16.3 Å². The first kappa shape index (κ1) is 20.7. The number of nitro groups is 1. The van der Waals surface area contributed by atoms with Gasteiger partial charge in [-0.15, -0.1) is 0 Å². The van der Waals surface area contributed by atoms with Crippen LogP contribution in [0.3, 0.4) is 0 Å². The van der Waals surface area contributed by atoms with Crippen LogP contribution in [-0.4, -0.2) is 48.2 Å². The van der Waals surface area contributed by atoms with Gasteiger partial charge in [-0.05, 0) is 48.9 Å². The zero-order valence-electron chi connectivity index (χ0n) is 16.3. The summed E-state index contributed by atoms with van der Waals surface area (Å²) >= 11 is 1.00. The Morgan fingerprint density at radius 3 is 2.48 bits per heavy atom. The summed E-state index contributed by atoms with van der Waals surface area (Å²) in [6.45, 7) is 1.55. The summed E-state index contributed by atoms with van der Waals surface area (Å²) in [5.41, 5.74) is 1.13. The number of anilines is 2. The van der Waals surface area contributed by atoms with Gasteiger partial charge in [0.25, 0.3) is 16.8 Å². The van der Waals surface area contributed by atoms with Gasteiger partial charge in [0.15, 0.2) is 0 Å². The lowest BCUT2D eigenvalue weighted by Crippen LogP contribution is -2.20. The summed E-state index contributed by atoms with van der Waals surface area (Å²) in [6, 6.07) is 11.5. The summed E-state index contributed by atoms with van der Waals surface area (Å²) in [7, 11) is 3.30. The second kappa shape index (κ2) is 8.95. The number of carbonyl (C=O) groups excluding carboxylic acids is 2. The number of hydrogen-bond acceptors (Lipinski definition) is 6. The smallest absolute Gasteiger partial charge is 0.293 e. The Hall–Kier alpha value is -3.07. The fourth-order valence-corrected chi connectivity index (χ4v) is 3.82. The molecule has 29 heavy (non-hydrogen) atoms. The highest BCUT2D eigenvalue weighted by Crippen LogP contribution is 2.33. The van der Waals surface area contributed by atoms with E-state index in [1.54, 1.807) is 50.5 Å². The lowest BCUT2D eigenvalue weighted by Gasteiger charge is -2.18. The second-order valence-corrected chi connectivity index (χ2v) is 7.86. The first-order valence-corrected chi connectivity index (χ1v) is 10.0. The first-order chi connectivity index (χ1) is 13.9. The predicted octanol–water partition coefficient (Wildman–Crippen LogP) is 4.22. The Kier molecular flexibility index (Phi) is 6.38. The van der Waals surface area contributed by atoms with Crippen molar-refractivity contribution < 1.29 is 14.5 Å². The minimum atomic E-state index is -0.466.